The second kappa shape index (κ2) is 7.57. The van der Waals surface area contributed by atoms with Crippen LogP contribution in [-0.4, -0.2) is 35.0 Å². The van der Waals surface area contributed by atoms with Crippen LogP contribution in [0.2, 0.25) is 0 Å². The van der Waals surface area contributed by atoms with Crippen molar-refractivity contribution in [1.29, 1.82) is 0 Å². The molecule has 6 heteroatoms. The van der Waals surface area contributed by atoms with Crippen LogP contribution in [0.5, 0.6) is 0 Å². The van der Waals surface area contributed by atoms with Crippen molar-refractivity contribution < 1.29 is 4.79 Å². The summed E-state index contributed by atoms with van der Waals surface area (Å²) >= 11 is 1.73. The molecular formula is C17H21N3O2S. The lowest BCUT2D eigenvalue weighted by atomic mass is 10.2. The van der Waals surface area contributed by atoms with E-state index >= 15 is 0 Å². The van der Waals surface area contributed by atoms with Gasteiger partial charge in [0, 0.05) is 23.7 Å². The SMILES string of the molecule is O=C(Cn1ccccc1=O)NC[C@H](c1cccs1)N1CCCC1. The Morgan fingerprint density at radius 1 is 1.22 bits per heavy atom. The third-order valence-electron chi connectivity index (χ3n) is 4.16. The molecule has 0 bridgehead atoms. The number of carbonyl (C=O) groups excluding carboxylic acids is 1. The van der Waals surface area contributed by atoms with Crippen molar-refractivity contribution >= 4 is 17.2 Å². The summed E-state index contributed by atoms with van der Waals surface area (Å²) < 4.78 is 1.42. The van der Waals surface area contributed by atoms with E-state index in [4.69, 9.17) is 0 Å². The zero-order chi connectivity index (χ0) is 16.1. The molecule has 0 spiro atoms. The first-order chi connectivity index (χ1) is 11.2. The van der Waals surface area contributed by atoms with Crippen LogP contribution in [0, 0.1) is 0 Å². The minimum absolute atomic E-state index is 0.0663. The number of hydrogen-bond acceptors (Lipinski definition) is 4. The Morgan fingerprint density at radius 3 is 2.74 bits per heavy atom. The third-order valence-corrected chi connectivity index (χ3v) is 5.13. The normalized spacial score (nSPS) is 16.3. The highest BCUT2D eigenvalue weighted by Crippen LogP contribution is 2.27. The molecule has 2 aromatic heterocycles. The van der Waals surface area contributed by atoms with Gasteiger partial charge in [0.05, 0.1) is 6.04 Å². The van der Waals surface area contributed by atoms with Gasteiger partial charge in [0.2, 0.25) is 5.91 Å². The molecule has 3 heterocycles. The van der Waals surface area contributed by atoms with E-state index in [9.17, 15) is 9.59 Å². The van der Waals surface area contributed by atoms with E-state index in [-0.39, 0.29) is 24.1 Å². The topological polar surface area (TPSA) is 54.3 Å². The first kappa shape index (κ1) is 16.0. The van der Waals surface area contributed by atoms with Crippen LogP contribution in [0.15, 0.2) is 46.7 Å². The summed E-state index contributed by atoms with van der Waals surface area (Å²) in [5.74, 6) is -0.126. The van der Waals surface area contributed by atoms with Crippen LogP contribution in [0.3, 0.4) is 0 Å². The van der Waals surface area contributed by atoms with Crippen molar-refractivity contribution in [1.82, 2.24) is 14.8 Å². The maximum absolute atomic E-state index is 12.2. The molecule has 122 valence electrons. The van der Waals surface area contributed by atoms with Crippen LogP contribution in [0.1, 0.15) is 23.8 Å². The number of carbonyl (C=O) groups is 1. The Hall–Kier alpha value is -1.92. The van der Waals surface area contributed by atoms with E-state index in [1.54, 1.807) is 29.7 Å². The van der Waals surface area contributed by atoms with Gasteiger partial charge in [0.1, 0.15) is 6.54 Å². The third kappa shape index (κ3) is 4.09. The van der Waals surface area contributed by atoms with Gasteiger partial charge >= 0.3 is 0 Å². The van der Waals surface area contributed by atoms with Crippen LogP contribution in [0.4, 0.5) is 0 Å². The van der Waals surface area contributed by atoms with E-state index in [1.807, 2.05) is 0 Å². The van der Waals surface area contributed by atoms with Gasteiger partial charge in [0.25, 0.3) is 5.56 Å². The Morgan fingerprint density at radius 2 is 2.04 bits per heavy atom. The highest BCUT2D eigenvalue weighted by atomic mass is 32.1. The zero-order valence-corrected chi connectivity index (χ0v) is 13.8. The van der Waals surface area contributed by atoms with Crippen molar-refractivity contribution in [2.24, 2.45) is 0 Å². The Labute approximate surface area is 139 Å². The first-order valence-electron chi connectivity index (χ1n) is 7.93. The van der Waals surface area contributed by atoms with Crippen LogP contribution < -0.4 is 10.9 Å². The molecule has 0 radical (unpaired) electrons. The smallest absolute Gasteiger partial charge is 0.250 e. The molecule has 1 amide bonds. The van der Waals surface area contributed by atoms with E-state index in [2.05, 4.69) is 27.7 Å². The molecule has 0 unspecified atom stereocenters. The number of hydrogen-bond donors (Lipinski definition) is 1. The quantitative estimate of drug-likeness (QED) is 0.879. The Bertz CT molecular complexity index is 690. The number of thiophene rings is 1. The predicted octanol–water partition coefficient (Wildman–Crippen LogP) is 1.86. The van der Waals surface area contributed by atoms with Gasteiger partial charge in [-0.05, 0) is 43.4 Å². The predicted molar refractivity (Wildman–Crippen MR) is 91.6 cm³/mol. The van der Waals surface area contributed by atoms with Crippen molar-refractivity contribution in [3.05, 3.63) is 57.1 Å². The lowest BCUT2D eigenvalue weighted by molar-refractivity contribution is -0.121. The maximum atomic E-state index is 12.2. The van der Waals surface area contributed by atoms with E-state index in [0.717, 1.165) is 13.1 Å². The number of likely N-dealkylation sites (tertiary alicyclic amines) is 1. The fourth-order valence-electron chi connectivity index (χ4n) is 2.96. The molecule has 1 aliphatic rings. The first-order valence-corrected chi connectivity index (χ1v) is 8.81. The number of pyridine rings is 1. The molecule has 1 atom stereocenters. The van der Waals surface area contributed by atoms with Gasteiger partial charge in [-0.1, -0.05) is 12.1 Å². The fraction of sp³-hybridized carbons (Fsp3) is 0.412. The molecule has 1 fully saturated rings. The molecule has 0 aromatic carbocycles. The summed E-state index contributed by atoms with van der Waals surface area (Å²) in [5.41, 5.74) is -0.156. The number of amides is 1. The molecule has 1 N–H and O–H groups in total. The Kier molecular flexibility index (Phi) is 5.25. The molecule has 5 nitrogen and oxygen atoms in total. The van der Waals surface area contributed by atoms with Gasteiger partial charge in [-0.2, -0.15) is 0 Å². The van der Waals surface area contributed by atoms with E-state index in [0.29, 0.717) is 6.54 Å². The van der Waals surface area contributed by atoms with Crippen molar-refractivity contribution in [3.8, 4) is 0 Å². The molecule has 0 saturated carbocycles. The number of rotatable bonds is 6. The number of aromatic nitrogens is 1. The Balaban J connectivity index is 1.61. The van der Waals surface area contributed by atoms with Gasteiger partial charge in [-0.25, -0.2) is 0 Å². The van der Waals surface area contributed by atoms with Crippen molar-refractivity contribution in [2.45, 2.75) is 25.4 Å². The molecule has 3 rings (SSSR count). The summed E-state index contributed by atoms with van der Waals surface area (Å²) in [7, 11) is 0. The summed E-state index contributed by atoms with van der Waals surface area (Å²) in [6.45, 7) is 2.81. The largest absolute Gasteiger partial charge is 0.353 e. The standard InChI is InChI=1S/C17H21N3O2S/c21-16(13-20-10-2-1-7-17(20)22)18-12-14(15-6-5-11-23-15)19-8-3-4-9-19/h1-2,5-7,10-11,14H,3-4,8-9,12-13H2,(H,18,21)/t14-/m1/s1. The highest BCUT2D eigenvalue weighted by molar-refractivity contribution is 7.10. The molecular weight excluding hydrogens is 310 g/mol. The van der Waals surface area contributed by atoms with Crippen LogP contribution >= 0.6 is 11.3 Å². The fourth-order valence-corrected chi connectivity index (χ4v) is 3.82. The monoisotopic (exact) mass is 331 g/mol. The summed E-state index contributed by atoms with van der Waals surface area (Å²) in [6, 6.07) is 9.31. The summed E-state index contributed by atoms with van der Waals surface area (Å²) in [4.78, 5) is 27.5. The van der Waals surface area contributed by atoms with Crippen molar-refractivity contribution in [3.63, 3.8) is 0 Å². The molecule has 23 heavy (non-hydrogen) atoms. The maximum Gasteiger partial charge on any atom is 0.250 e. The molecule has 2 aromatic rings. The summed E-state index contributed by atoms with van der Waals surface area (Å²) in [6.07, 6.45) is 4.07. The van der Waals surface area contributed by atoms with E-state index in [1.165, 1.54) is 28.4 Å². The van der Waals surface area contributed by atoms with Crippen LogP contribution in [0.25, 0.3) is 0 Å². The number of nitrogens with zero attached hydrogens (tertiary/aromatic N) is 2. The molecule has 1 aliphatic heterocycles. The van der Waals surface area contributed by atoms with Gasteiger partial charge in [-0.15, -0.1) is 11.3 Å². The average Bonchev–Trinajstić information content (AvgIpc) is 3.23. The second-order valence-corrected chi connectivity index (χ2v) is 6.72. The zero-order valence-electron chi connectivity index (χ0n) is 13.0. The summed E-state index contributed by atoms with van der Waals surface area (Å²) in [5, 5.41) is 5.06. The lowest BCUT2D eigenvalue weighted by Gasteiger charge is -2.27. The lowest BCUT2D eigenvalue weighted by Crippen LogP contribution is -2.38. The van der Waals surface area contributed by atoms with Crippen LogP contribution in [-0.2, 0) is 11.3 Å². The van der Waals surface area contributed by atoms with Crippen molar-refractivity contribution in [2.75, 3.05) is 19.6 Å². The molecule has 1 saturated heterocycles. The van der Waals surface area contributed by atoms with Gasteiger partial charge in [0.15, 0.2) is 0 Å². The highest BCUT2D eigenvalue weighted by Gasteiger charge is 2.24. The minimum atomic E-state index is -0.156. The number of nitrogens with one attached hydrogen (secondary N) is 1. The minimum Gasteiger partial charge on any atom is -0.353 e. The van der Waals surface area contributed by atoms with E-state index < -0.39 is 0 Å². The van der Waals surface area contributed by atoms with Gasteiger partial charge < -0.3 is 9.88 Å². The van der Waals surface area contributed by atoms with Gasteiger partial charge in [-0.3, -0.25) is 14.5 Å². The molecule has 0 aliphatic carbocycles. The average molecular weight is 331 g/mol. The second-order valence-electron chi connectivity index (χ2n) is 5.75.